The van der Waals surface area contributed by atoms with Crippen LogP contribution in [0.2, 0.25) is 0 Å². The number of carbonyl (C=O) groups is 1. The van der Waals surface area contributed by atoms with Crippen molar-refractivity contribution >= 4 is 5.91 Å². The van der Waals surface area contributed by atoms with Crippen LogP contribution in [0, 0.1) is 11.7 Å². The van der Waals surface area contributed by atoms with Gasteiger partial charge in [0.25, 0.3) is 11.5 Å². The lowest BCUT2D eigenvalue weighted by molar-refractivity contribution is 0.0915. The van der Waals surface area contributed by atoms with Crippen molar-refractivity contribution in [1.29, 1.82) is 0 Å². The van der Waals surface area contributed by atoms with Gasteiger partial charge in [0.05, 0.1) is 5.69 Å². The van der Waals surface area contributed by atoms with E-state index in [0.717, 1.165) is 23.7 Å². The Balaban J connectivity index is 1.65. The van der Waals surface area contributed by atoms with Crippen LogP contribution < -0.4 is 10.9 Å². The molecule has 1 N–H and O–H groups in total. The molecule has 6 nitrogen and oxygen atoms in total. The molecule has 2 aromatic rings. The average molecular weight is 372 g/mol. The number of carbonyl (C=O) groups excluding carboxylic acids is 1. The SMILES string of the molecule is CC1CCN([C@@H](C)CNC(=O)c2ccc(=O)n(-c3ccc(F)cc3)n2)CC1. The monoisotopic (exact) mass is 372 g/mol. The molecule has 0 saturated carbocycles. The summed E-state index contributed by atoms with van der Waals surface area (Å²) in [6.07, 6.45) is 2.37. The third-order valence-corrected chi connectivity index (χ3v) is 5.10. The van der Waals surface area contributed by atoms with Crippen molar-refractivity contribution in [3.8, 4) is 5.69 Å². The van der Waals surface area contributed by atoms with Gasteiger partial charge in [-0.05, 0) is 69.1 Å². The molecule has 1 aliphatic heterocycles. The highest BCUT2D eigenvalue weighted by molar-refractivity contribution is 5.92. The van der Waals surface area contributed by atoms with Gasteiger partial charge in [0.2, 0.25) is 0 Å². The Bertz CT molecular complexity index is 842. The van der Waals surface area contributed by atoms with Gasteiger partial charge in [-0.2, -0.15) is 9.78 Å². The molecule has 0 unspecified atom stereocenters. The number of halogens is 1. The first-order chi connectivity index (χ1) is 12.9. The van der Waals surface area contributed by atoms with Crippen LogP contribution in [0.5, 0.6) is 0 Å². The van der Waals surface area contributed by atoms with Crippen LogP contribution in [-0.4, -0.2) is 46.3 Å². The lowest BCUT2D eigenvalue weighted by Crippen LogP contribution is -2.45. The number of hydrogen-bond acceptors (Lipinski definition) is 4. The number of nitrogens with one attached hydrogen (secondary N) is 1. The summed E-state index contributed by atoms with van der Waals surface area (Å²) in [7, 11) is 0. The predicted molar refractivity (Wildman–Crippen MR) is 102 cm³/mol. The van der Waals surface area contributed by atoms with E-state index < -0.39 is 5.82 Å². The van der Waals surface area contributed by atoms with E-state index in [9.17, 15) is 14.0 Å². The fourth-order valence-electron chi connectivity index (χ4n) is 3.23. The second kappa shape index (κ2) is 8.43. The number of hydrogen-bond donors (Lipinski definition) is 1. The Hall–Kier alpha value is -2.54. The van der Waals surface area contributed by atoms with Gasteiger partial charge in [-0.1, -0.05) is 6.92 Å². The van der Waals surface area contributed by atoms with E-state index in [1.807, 2.05) is 0 Å². The van der Waals surface area contributed by atoms with Crippen molar-refractivity contribution in [3.05, 3.63) is 58.3 Å². The highest BCUT2D eigenvalue weighted by Crippen LogP contribution is 2.17. The Morgan fingerprint density at radius 2 is 1.89 bits per heavy atom. The van der Waals surface area contributed by atoms with E-state index in [1.54, 1.807) is 0 Å². The first kappa shape index (κ1) is 19.2. The van der Waals surface area contributed by atoms with Crippen LogP contribution in [0.1, 0.15) is 37.2 Å². The fraction of sp³-hybridized carbons (Fsp3) is 0.450. The van der Waals surface area contributed by atoms with Crippen LogP contribution >= 0.6 is 0 Å². The molecule has 1 saturated heterocycles. The molecule has 1 atom stereocenters. The normalized spacial score (nSPS) is 16.9. The van der Waals surface area contributed by atoms with Crippen molar-refractivity contribution < 1.29 is 9.18 Å². The maximum absolute atomic E-state index is 13.1. The number of amides is 1. The smallest absolute Gasteiger partial charge is 0.271 e. The van der Waals surface area contributed by atoms with E-state index in [2.05, 4.69) is 29.2 Å². The number of aromatic nitrogens is 2. The summed E-state index contributed by atoms with van der Waals surface area (Å²) in [5, 5.41) is 7.02. The fourth-order valence-corrected chi connectivity index (χ4v) is 3.23. The summed E-state index contributed by atoms with van der Waals surface area (Å²) >= 11 is 0. The second-order valence-electron chi connectivity index (χ2n) is 7.22. The molecule has 0 radical (unpaired) electrons. The lowest BCUT2D eigenvalue weighted by Gasteiger charge is -2.34. The van der Waals surface area contributed by atoms with Gasteiger partial charge < -0.3 is 5.32 Å². The third kappa shape index (κ3) is 4.80. The summed E-state index contributed by atoms with van der Waals surface area (Å²) in [5.74, 6) is 0.0321. The van der Waals surface area contributed by atoms with Gasteiger partial charge in [0.15, 0.2) is 0 Å². The molecule has 1 amide bonds. The Kier molecular flexibility index (Phi) is 6.01. The summed E-state index contributed by atoms with van der Waals surface area (Å²) in [6, 6.07) is 8.33. The van der Waals surface area contributed by atoms with Crippen LogP contribution in [0.3, 0.4) is 0 Å². The Labute approximate surface area is 158 Å². The van der Waals surface area contributed by atoms with Gasteiger partial charge >= 0.3 is 0 Å². The molecule has 1 aromatic carbocycles. The van der Waals surface area contributed by atoms with Crippen molar-refractivity contribution in [3.63, 3.8) is 0 Å². The molecule has 1 fully saturated rings. The quantitative estimate of drug-likeness (QED) is 0.874. The molecule has 0 aliphatic carbocycles. The van der Waals surface area contributed by atoms with Gasteiger partial charge in [-0.15, -0.1) is 0 Å². The van der Waals surface area contributed by atoms with Gasteiger partial charge in [0, 0.05) is 18.7 Å². The minimum Gasteiger partial charge on any atom is -0.349 e. The summed E-state index contributed by atoms with van der Waals surface area (Å²) in [5.41, 5.74) is 0.180. The first-order valence-electron chi connectivity index (χ1n) is 9.32. The minimum atomic E-state index is -0.401. The van der Waals surface area contributed by atoms with Crippen molar-refractivity contribution in [1.82, 2.24) is 20.0 Å². The largest absolute Gasteiger partial charge is 0.349 e. The van der Waals surface area contributed by atoms with Gasteiger partial charge in [0.1, 0.15) is 11.5 Å². The number of rotatable bonds is 5. The van der Waals surface area contributed by atoms with E-state index in [-0.39, 0.29) is 23.2 Å². The van der Waals surface area contributed by atoms with Crippen LogP contribution in [0.4, 0.5) is 4.39 Å². The van der Waals surface area contributed by atoms with Crippen molar-refractivity contribution in [2.24, 2.45) is 5.92 Å². The maximum Gasteiger partial charge on any atom is 0.271 e. The summed E-state index contributed by atoms with van der Waals surface area (Å²) < 4.78 is 14.2. The number of piperidine rings is 1. The summed E-state index contributed by atoms with van der Waals surface area (Å²) in [4.78, 5) is 26.9. The minimum absolute atomic E-state index is 0.151. The Morgan fingerprint density at radius 3 is 2.56 bits per heavy atom. The number of nitrogens with zero attached hydrogens (tertiary/aromatic N) is 3. The molecule has 144 valence electrons. The van der Waals surface area contributed by atoms with E-state index >= 15 is 0 Å². The molecule has 0 bridgehead atoms. The maximum atomic E-state index is 13.1. The standard InChI is InChI=1S/C20H25FN4O2/c1-14-9-11-24(12-10-14)15(2)13-22-20(27)18-7-8-19(26)25(23-18)17-5-3-16(21)4-6-17/h3-8,14-15H,9-13H2,1-2H3,(H,22,27)/t15-/m0/s1. The van der Waals surface area contributed by atoms with Crippen molar-refractivity contribution in [2.45, 2.75) is 32.7 Å². The molecule has 0 spiro atoms. The van der Waals surface area contributed by atoms with Crippen molar-refractivity contribution in [2.75, 3.05) is 19.6 Å². The molecule has 2 heterocycles. The zero-order chi connectivity index (χ0) is 19.4. The highest BCUT2D eigenvalue weighted by Gasteiger charge is 2.21. The molecule has 3 rings (SSSR count). The van der Waals surface area contributed by atoms with Gasteiger partial charge in [-0.3, -0.25) is 14.5 Å². The van der Waals surface area contributed by atoms with E-state index in [0.29, 0.717) is 12.2 Å². The lowest BCUT2D eigenvalue weighted by atomic mass is 9.98. The molecule has 1 aromatic heterocycles. The molecule has 7 heteroatoms. The number of benzene rings is 1. The van der Waals surface area contributed by atoms with Crippen LogP contribution in [0.15, 0.2) is 41.2 Å². The van der Waals surface area contributed by atoms with Crippen LogP contribution in [-0.2, 0) is 0 Å². The molecular weight excluding hydrogens is 347 g/mol. The zero-order valence-electron chi connectivity index (χ0n) is 15.7. The van der Waals surface area contributed by atoms with Gasteiger partial charge in [-0.25, -0.2) is 4.39 Å². The Morgan fingerprint density at radius 1 is 1.22 bits per heavy atom. The highest BCUT2D eigenvalue weighted by atomic mass is 19.1. The summed E-state index contributed by atoms with van der Waals surface area (Å²) in [6.45, 7) is 6.98. The topological polar surface area (TPSA) is 67.2 Å². The molecule has 1 aliphatic rings. The number of likely N-dealkylation sites (tertiary alicyclic amines) is 1. The van der Waals surface area contributed by atoms with E-state index in [4.69, 9.17) is 0 Å². The van der Waals surface area contributed by atoms with E-state index in [1.165, 1.54) is 49.2 Å². The average Bonchev–Trinajstić information content (AvgIpc) is 2.67. The predicted octanol–water partition coefficient (Wildman–Crippen LogP) is 2.22. The molecule has 27 heavy (non-hydrogen) atoms. The zero-order valence-corrected chi connectivity index (χ0v) is 15.7. The molecular formula is C20H25FN4O2. The second-order valence-corrected chi connectivity index (χ2v) is 7.22. The van der Waals surface area contributed by atoms with Crippen LogP contribution in [0.25, 0.3) is 5.69 Å². The third-order valence-electron chi connectivity index (χ3n) is 5.10. The first-order valence-corrected chi connectivity index (χ1v) is 9.32.